The number of amides is 1. The number of hydrogen-bond donors (Lipinski definition) is 4. The first-order valence-corrected chi connectivity index (χ1v) is 8.51. The quantitative estimate of drug-likeness (QED) is 0.469. The fourth-order valence-electron chi connectivity index (χ4n) is 1.74. The van der Waals surface area contributed by atoms with E-state index in [0.717, 1.165) is 0 Å². The summed E-state index contributed by atoms with van der Waals surface area (Å²) in [4.78, 5) is 22.1. The van der Waals surface area contributed by atoms with Gasteiger partial charge in [0.25, 0.3) is 0 Å². The number of carboxylic acid groups (broad SMARTS) is 1. The van der Waals surface area contributed by atoms with Gasteiger partial charge in [-0.2, -0.15) is 13.2 Å². The number of nitrogens with one attached hydrogen (secondary N) is 2. The normalized spacial score (nSPS) is 13.1. The van der Waals surface area contributed by atoms with Crippen LogP contribution in [0, 0.1) is 5.82 Å². The molecule has 1 aromatic rings. The molecule has 1 aromatic carbocycles. The molecule has 0 aromatic heterocycles. The van der Waals surface area contributed by atoms with Gasteiger partial charge in [0, 0.05) is 6.42 Å². The molecule has 1 unspecified atom stereocenters. The minimum absolute atomic E-state index is 0.114. The van der Waals surface area contributed by atoms with Crippen molar-refractivity contribution >= 4 is 27.6 Å². The molecule has 8 nitrogen and oxygen atoms in total. The molecule has 146 valence electrons. The Morgan fingerprint density at radius 2 is 1.85 bits per heavy atom. The van der Waals surface area contributed by atoms with Crippen LogP contribution in [0.1, 0.15) is 12.0 Å². The smallest absolute Gasteiger partial charge is 0.418 e. The lowest BCUT2D eigenvalue weighted by Gasteiger charge is -2.15. The second-order valence-corrected chi connectivity index (χ2v) is 6.84. The van der Waals surface area contributed by atoms with E-state index in [1.807, 2.05) is 5.32 Å². The fraction of sp³-hybridized carbons (Fsp3) is 0.385. The molecule has 1 atom stereocenters. The minimum atomic E-state index is -5.02. The number of aliphatic hydroxyl groups is 1. The number of anilines is 1. The molecule has 26 heavy (non-hydrogen) atoms. The number of hydrogen-bond acceptors (Lipinski definition) is 5. The van der Waals surface area contributed by atoms with E-state index >= 15 is 0 Å². The summed E-state index contributed by atoms with van der Waals surface area (Å²) in [6.07, 6.45) is -5.80. The highest BCUT2D eigenvalue weighted by atomic mass is 32.2. The highest BCUT2D eigenvalue weighted by Gasteiger charge is 2.35. The van der Waals surface area contributed by atoms with E-state index in [4.69, 9.17) is 10.2 Å². The van der Waals surface area contributed by atoms with Gasteiger partial charge in [-0.1, -0.05) is 0 Å². The molecule has 0 heterocycles. The molecule has 0 bridgehead atoms. The zero-order valence-electron chi connectivity index (χ0n) is 12.9. The van der Waals surface area contributed by atoms with Crippen LogP contribution >= 0.6 is 0 Å². The number of carbonyl (C=O) groups excluding carboxylic acids is 1. The average Bonchev–Trinajstić information content (AvgIpc) is 2.51. The Bertz CT molecular complexity index is 781. The number of halogens is 4. The Kier molecular flexibility index (Phi) is 6.92. The number of alkyl halides is 3. The van der Waals surface area contributed by atoms with E-state index in [0.29, 0.717) is 12.1 Å². The molecule has 0 aliphatic rings. The van der Waals surface area contributed by atoms with Crippen LogP contribution in [0.2, 0.25) is 0 Å². The number of benzene rings is 1. The number of rotatable bonds is 8. The Morgan fingerprint density at radius 3 is 2.35 bits per heavy atom. The fourth-order valence-corrected chi connectivity index (χ4v) is 2.81. The van der Waals surface area contributed by atoms with E-state index in [-0.39, 0.29) is 6.07 Å². The summed E-state index contributed by atoms with van der Waals surface area (Å²) in [5, 5.41) is 19.2. The molecule has 0 saturated carbocycles. The Morgan fingerprint density at radius 1 is 1.23 bits per heavy atom. The predicted molar refractivity (Wildman–Crippen MR) is 80.1 cm³/mol. The van der Waals surface area contributed by atoms with Crippen molar-refractivity contribution in [3.05, 3.63) is 29.6 Å². The summed E-state index contributed by atoms with van der Waals surface area (Å²) >= 11 is 0. The van der Waals surface area contributed by atoms with Crippen LogP contribution in [0.4, 0.5) is 23.2 Å². The van der Waals surface area contributed by atoms with Crippen molar-refractivity contribution in [3.8, 4) is 0 Å². The van der Waals surface area contributed by atoms with E-state index in [9.17, 15) is 35.6 Å². The molecule has 1 rings (SSSR count). The van der Waals surface area contributed by atoms with Gasteiger partial charge in [0.05, 0.1) is 23.6 Å². The van der Waals surface area contributed by atoms with E-state index < -0.39 is 70.0 Å². The van der Waals surface area contributed by atoms with Crippen molar-refractivity contribution in [3.63, 3.8) is 0 Å². The van der Waals surface area contributed by atoms with Crippen LogP contribution in [0.25, 0.3) is 0 Å². The average molecular weight is 402 g/mol. The number of sulfonamides is 1. The molecule has 4 N–H and O–H groups in total. The number of aliphatic hydroxyl groups excluding tert-OH is 1. The molecule has 0 spiro atoms. The van der Waals surface area contributed by atoms with Crippen LogP contribution in [0.5, 0.6) is 0 Å². The summed E-state index contributed by atoms with van der Waals surface area (Å²) in [6, 6.07) is -0.323. The van der Waals surface area contributed by atoms with Gasteiger partial charge in [0.1, 0.15) is 11.9 Å². The molecule has 0 saturated heterocycles. The van der Waals surface area contributed by atoms with Crippen molar-refractivity contribution in [2.75, 3.05) is 17.1 Å². The second-order valence-electron chi connectivity index (χ2n) is 5.00. The third-order valence-electron chi connectivity index (χ3n) is 2.97. The van der Waals surface area contributed by atoms with Crippen molar-refractivity contribution in [2.24, 2.45) is 0 Å². The van der Waals surface area contributed by atoms with E-state index in [1.54, 1.807) is 4.72 Å². The number of aliphatic carboxylic acids is 1. The molecule has 13 heteroatoms. The van der Waals surface area contributed by atoms with Gasteiger partial charge in [0.15, 0.2) is 0 Å². The Labute approximate surface area is 144 Å². The lowest BCUT2D eigenvalue weighted by Crippen LogP contribution is -2.43. The molecular weight excluding hydrogens is 388 g/mol. The third-order valence-corrected chi connectivity index (χ3v) is 4.24. The van der Waals surface area contributed by atoms with Crippen molar-refractivity contribution in [2.45, 2.75) is 18.6 Å². The molecule has 0 radical (unpaired) electrons. The van der Waals surface area contributed by atoms with Crippen molar-refractivity contribution in [1.82, 2.24) is 5.32 Å². The Hall–Kier alpha value is -2.41. The first-order chi connectivity index (χ1) is 11.9. The van der Waals surface area contributed by atoms with E-state index in [1.165, 1.54) is 0 Å². The van der Waals surface area contributed by atoms with Gasteiger partial charge < -0.3 is 15.5 Å². The maximum Gasteiger partial charge on any atom is 0.418 e. The second kappa shape index (κ2) is 8.31. The van der Waals surface area contributed by atoms with Gasteiger partial charge in [-0.3, -0.25) is 9.52 Å². The van der Waals surface area contributed by atoms with Crippen molar-refractivity contribution in [1.29, 1.82) is 0 Å². The van der Waals surface area contributed by atoms with Crippen molar-refractivity contribution < 1.29 is 45.8 Å². The summed E-state index contributed by atoms with van der Waals surface area (Å²) in [7, 11) is -4.43. The summed E-state index contributed by atoms with van der Waals surface area (Å²) < 4.78 is 76.8. The lowest BCUT2D eigenvalue weighted by molar-refractivity contribution is -0.142. The SMILES string of the molecule is O=C(CCS(=O)(=O)Nc1ccc(F)cc1C(F)(F)F)NC(CO)C(=O)O. The maximum atomic E-state index is 13.0. The van der Waals surface area contributed by atoms with Gasteiger partial charge >= 0.3 is 12.1 Å². The van der Waals surface area contributed by atoms with Crippen LogP contribution in [-0.2, 0) is 25.8 Å². The molecule has 0 fully saturated rings. The van der Waals surface area contributed by atoms with Crippen LogP contribution < -0.4 is 10.0 Å². The standard InChI is InChI=1S/C13H14F4N2O6S/c14-7-1-2-9(8(5-7)13(15,16)17)19-26(24,25)4-3-11(21)18-10(6-20)12(22)23/h1-2,5,10,19-20H,3-4,6H2,(H,18,21)(H,22,23). The number of carbonyl (C=O) groups is 2. The lowest BCUT2D eigenvalue weighted by atomic mass is 10.2. The van der Waals surface area contributed by atoms with Gasteiger partial charge in [-0.05, 0) is 18.2 Å². The topological polar surface area (TPSA) is 133 Å². The van der Waals surface area contributed by atoms with Crippen LogP contribution in [0.15, 0.2) is 18.2 Å². The zero-order valence-corrected chi connectivity index (χ0v) is 13.7. The van der Waals surface area contributed by atoms with Crippen LogP contribution in [0.3, 0.4) is 0 Å². The highest BCUT2D eigenvalue weighted by Crippen LogP contribution is 2.35. The molecule has 1 amide bonds. The zero-order chi connectivity index (χ0) is 20.1. The van der Waals surface area contributed by atoms with Gasteiger partial charge in [0.2, 0.25) is 15.9 Å². The highest BCUT2D eigenvalue weighted by molar-refractivity contribution is 7.92. The van der Waals surface area contributed by atoms with Gasteiger partial charge in [-0.15, -0.1) is 0 Å². The third kappa shape index (κ3) is 6.48. The largest absolute Gasteiger partial charge is 0.480 e. The minimum Gasteiger partial charge on any atom is -0.480 e. The van der Waals surface area contributed by atoms with Gasteiger partial charge in [-0.25, -0.2) is 17.6 Å². The van der Waals surface area contributed by atoms with Crippen LogP contribution in [-0.4, -0.2) is 48.9 Å². The molecular formula is C13H14F4N2O6S. The molecule has 0 aliphatic carbocycles. The number of carboxylic acids is 1. The first kappa shape index (κ1) is 21.6. The molecule has 0 aliphatic heterocycles. The summed E-state index contributed by atoms with van der Waals surface area (Å²) in [5.41, 5.74) is -2.46. The summed E-state index contributed by atoms with van der Waals surface area (Å²) in [6.45, 7) is -0.934. The monoisotopic (exact) mass is 402 g/mol. The summed E-state index contributed by atoms with van der Waals surface area (Å²) in [5.74, 6) is -4.79. The maximum absolute atomic E-state index is 13.0. The van der Waals surface area contributed by atoms with E-state index in [2.05, 4.69) is 0 Å². The predicted octanol–water partition coefficient (Wildman–Crippen LogP) is 0.538. The Balaban J connectivity index is 2.82. The first-order valence-electron chi connectivity index (χ1n) is 6.86.